The van der Waals surface area contributed by atoms with Crippen LogP contribution in [0.25, 0.3) is 0 Å². The number of nitro benzene ring substituents is 1. The van der Waals surface area contributed by atoms with Gasteiger partial charge in [-0.1, -0.05) is 0 Å². The zero-order valence-corrected chi connectivity index (χ0v) is 11.7. The third-order valence-electron chi connectivity index (χ3n) is 2.55. The minimum Gasteiger partial charge on any atom is -0.490 e. The maximum Gasteiger partial charge on any atom is 0.312 e. The summed E-state index contributed by atoms with van der Waals surface area (Å²) in [6.07, 6.45) is 0. The Balaban J connectivity index is 3.31. The highest BCUT2D eigenvalue weighted by molar-refractivity contribution is 9.10. The molecule has 0 saturated heterocycles. The summed E-state index contributed by atoms with van der Waals surface area (Å²) in [5, 5.41) is 10.8. The molecule has 0 unspecified atom stereocenters. The quantitative estimate of drug-likeness (QED) is 0.619. The summed E-state index contributed by atoms with van der Waals surface area (Å²) in [6.45, 7) is 5.72. The second kappa shape index (κ2) is 5.86. The lowest BCUT2D eigenvalue weighted by atomic mass is 10.2. The molecule has 0 heterocycles. The maximum absolute atomic E-state index is 10.8. The Morgan fingerprint density at radius 1 is 1.41 bits per heavy atom. The first-order valence-corrected chi connectivity index (χ1v) is 6.11. The standard InChI is InChI=1S/C11H15BrN2O3/c1-4-13(5-2)9-7-11(17-3)10(14(15)16)6-8(9)12/h6-7H,4-5H2,1-3H3. The summed E-state index contributed by atoms with van der Waals surface area (Å²) in [5.74, 6) is 0.278. The normalized spacial score (nSPS) is 10.1. The fraction of sp³-hybridized carbons (Fsp3) is 0.455. The van der Waals surface area contributed by atoms with Gasteiger partial charge >= 0.3 is 5.69 Å². The highest BCUT2D eigenvalue weighted by Gasteiger charge is 2.19. The van der Waals surface area contributed by atoms with E-state index >= 15 is 0 Å². The first-order valence-electron chi connectivity index (χ1n) is 5.32. The highest BCUT2D eigenvalue weighted by atomic mass is 79.9. The van der Waals surface area contributed by atoms with Gasteiger partial charge in [0.15, 0.2) is 5.75 Å². The molecule has 0 N–H and O–H groups in total. The molecule has 5 nitrogen and oxygen atoms in total. The van der Waals surface area contributed by atoms with Crippen LogP contribution < -0.4 is 9.64 Å². The van der Waals surface area contributed by atoms with E-state index < -0.39 is 4.92 Å². The van der Waals surface area contributed by atoms with Crippen LogP contribution in [-0.4, -0.2) is 25.1 Å². The molecule has 0 bridgehead atoms. The molecule has 0 amide bonds. The largest absolute Gasteiger partial charge is 0.490 e. The molecule has 17 heavy (non-hydrogen) atoms. The third kappa shape index (κ3) is 2.88. The number of rotatable bonds is 5. The van der Waals surface area contributed by atoms with Crippen LogP contribution in [0, 0.1) is 10.1 Å². The summed E-state index contributed by atoms with van der Waals surface area (Å²) < 4.78 is 5.75. The first-order chi connectivity index (χ1) is 8.04. The average Bonchev–Trinajstić information content (AvgIpc) is 2.31. The Kier molecular flexibility index (Phi) is 4.74. The molecule has 0 spiro atoms. The Hall–Kier alpha value is -1.30. The molecule has 0 saturated carbocycles. The van der Waals surface area contributed by atoms with Gasteiger partial charge in [0.1, 0.15) is 0 Å². The Morgan fingerprint density at radius 3 is 2.41 bits per heavy atom. The Labute approximate surface area is 109 Å². The van der Waals surface area contributed by atoms with E-state index in [9.17, 15) is 10.1 Å². The number of anilines is 1. The van der Waals surface area contributed by atoms with E-state index in [1.54, 1.807) is 6.07 Å². The van der Waals surface area contributed by atoms with Crippen molar-refractivity contribution in [2.45, 2.75) is 13.8 Å². The molecule has 0 fully saturated rings. The van der Waals surface area contributed by atoms with Crippen molar-refractivity contribution < 1.29 is 9.66 Å². The number of methoxy groups -OCH3 is 1. The molecule has 6 heteroatoms. The van der Waals surface area contributed by atoms with Gasteiger partial charge < -0.3 is 9.64 Å². The smallest absolute Gasteiger partial charge is 0.312 e. The highest BCUT2D eigenvalue weighted by Crippen LogP contribution is 2.37. The van der Waals surface area contributed by atoms with E-state index in [4.69, 9.17) is 4.74 Å². The second-order valence-corrected chi connectivity index (χ2v) is 4.26. The summed E-state index contributed by atoms with van der Waals surface area (Å²) in [4.78, 5) is 12.5. The molecule has 1 rings (SSSR count). The minimum absolute atomic E-state index is 0.0321. The van der Waals surface area contributed by atoms with Crippen LogP contribution in [0.1, 0.15) is 13.8 Å². The van der Waals surface area contributed by atoms with Crippen molar-refractivity contribution in [1.82, 2.24) is 0 Å². The van der Waals surface area contributed by atoms with Crippen LogP contribution in [0.3, 0.4) is 0 Å². The number of nitro groups is 1. The molecule has 0 aromatic heterocycles. The van der Waals surface area contributed by atoms with Gasteiger partial charge in [-0.25, -0.2) is 0 Å². The van der Waals surface area contributed by atoms with Crippen molar-refractivity contribution in [2.24, 2.45) is 0 Å². The van der Waals surface area contributed by atoms with Crippen LogP contribution in [0.2, 0.25) is 0 Å². The third-order valence-corrected chi connectivity index (χ3v) is 3.18. The number of nitrogens with zero attached hydrogens (tertiary/aromatic N) is 2. The Morgan fingerprint density at radius 2 is 2.00 bits per heavy atom. The SMILES string of the molecule is CCN(CC)c1cc(OC)c([N+](=O)[O-])cc1Br. The summed E-state index contributed by atoms with van der Waals surface area (Å²) >= 11 is 3.36. The zero-order valence-electron chi connectivity index (χ0n) is 10.1. The monoisotopic (exact) mass is 302 g/mol. The van der Waals surface area contributed by atoms with E-state index in [1.165, 1.54) is 13.2 Å². The second-order valence-electron chi connectivity index (χ2n) is 3.40. The summed E-state index contributed by atoms with van der Waals surface area (Å²) in [6, 6.07) is 3.17. The number of hydrogen-bond donors (Lipinski definition) is 0. The number of hydrogen-bond acceptors (Lipinski definition) is 4. The fourth-order valence-electron chi connectivity index (χ4n) is 1.64. The molecule has 0 aliphatic rings. The van der Waals surface area contributed by atoms with Crippen molar-refractivity contribution in [1.29, 1.82) is 0 Å². The van der Waals surface area contributed by atoms with Crippen molar-refractivity contribution in [3.63, 3.8) is 0 Å². The van der Waals surface area contributed by atoms with Crippen LogP contribution in [0.4, 0.5) is 11.4 Å². The Bertz CT molecular complexity index is 419. The molecule has 0 radical (unpaired) electrons. The summed E-state index contributed by atoms with van der Waals surface area (Å²) in [5.41, 5.74) is 0.868. The van der Waals surface area contributed by atoms with E-state index in [0.29, 0.717) is 4.47 Å². The molecular formula is C11H15BrN2O3. The van der Waals surface area contributed by atoms with Gasteiger partial charge in [-0.3, -0.25) is 10.1 Å². The van der Waals surface area contributed by atoms with Crippen LogP contribution in [0.5, 0.6) is 5.75 Å². The van der Waals surface area contributed by atoms with Gasteiger partial charge in [0.25, 0.3) is 0 Å². The first kappa shape index (κ1) is 13.8. The number of ether oxygens (including phenoxy) is 1. The molecule has 94 valence electrons. The molecule has 1 aromatic rings. The lowest BCUT2D eigenvalue weighted by Crippen LogP contribution is -2.22. The van der Waals surface area contributed by atoms with Gasteiger partial charge in [0.2, 0.25) is 0 Å². The molecule has 1 aromatic carbocycles. The summed E-state index contributed by atoms with van der Waals surface area (Å²) in [7, 11) is 1.43. The van der Waals surface area contributed by atoms with Crippen molar-refractivity contribution in [3.8, 4) is 5.75 Å². The lowest BCUT2D eigenvalue weighted by molar-refractivity contribution is -0.385. The van der Waals surface area contributed by atoms with Gasteiger partial charge in [0, 0.05) is 29.7 Å². The van der Waals surface area contributed by atoms with Crippen molar-refractivity contribution >= 4 is 27.3 Å². The van der Waals surface area contributed by atoms with Gasteiger partial charge in [0.05, 0.1) is 17.7 Å². The lowest BCUT2D eigenvalue weighted by Gasteiger charge is -2.22. The van der Waals surface area contributed by atoms with Gasteiger partial charge in [-0.2, -0.15) is 0 Å². The van der Waals surface area contributed by atoms with E-state index in [-0.39, 0.29) is 11.4 Å². The van der Waals surface area contributed by atoms with E-state index in [2.05, 4.69) is 20.8 Å². The van der Waals surface area contributed by atoms with Gasteiger partial charge in [-0.05, 0) is 29.8 Å². The topological polar surface area (TPSA) is 55.6 Å². The predicted molar refractivity (Wildman–Crippen MR) is 70.9 cm³/mol. The number of benzene rings is 1. The fourth-order valence-corrected chi connectivity index (χ4v) is 2.23. The van der Waals surface area contributed by atoms with Crippen molar-refractivity contribution in [3.05, 3.63) is 26.7 Å². The predicted octanol–water partition coefficient (Wildman–Crippen LogP) is 3.21. The number of halogens is 1. The van der Waals surface area contributed by atoms with Crippen molar-refractivity contribution in [2.75, 3.05) is 25.1 Å². The zero-order chi connectivity index (χ0) is 13.0. The molecule has 0 aliphatic heterocycles. The minimum atomic E-state index is -0.449. The van der Waals surface area contributed by atoms with Crippen LogP contribution in [-0.2, 0) is 0 Å². The van der Waals surface area contributed by atoms with Crippen LogP contribution in [0.15, 0.2) is 16.6 Å². The van der Waals surface area contributed by atoms with Gasteiger partial charge in [-0.15, -0.1) is 0 Å². The van der Waals surface area contributed by atoms with E-state index in [1.807, 2.05) is 13.8 Å². The van der Waals surface area contributed by atoms with Crippen LogP contribution >= 0.6 is 15.9 Å². The average molecular weight is 303 g/mol. The molecule has 0 atom stereocenters. The maximum atomic E-state index is 10.8. The molecule has 0 aliphatic carbocycles. The van der Waals surface area contributed by atoms with E-state index in [0.717, 1.165) is 18.8 Å². The molecular weight excluding hydrogens is 288 g/mol.